The summed E-state index contributed by atoms with van der Waals surface area (Å²) in [4.78, 5) is 22.4. The first-order valence-electron chi connectivity index (χ1n) is 11.3. The Morgan fingerprint density at radius 1 is 1.13 bits per heavy atom. The first-order chi connectivity index (χ1) is 15.2. The smallest absolute Gasteiger partial charge is 0.222 e. The van der Waals surface area contributed by atoms with Gasteiger partial charge >= 0.3 is 0 Å². The number of piperidine rings is 1. The minimum absolute atomic E-state index is 0.243. The van der Waals surface area contributed by atoms with Crippen LogP contribution in [-0.4, -0.2) is 55.3 Å². The molecule has 0 bridgehead atoms. The standard InChI is InChI=1S/C23H29N7O/c31-23(30-10-8-16(9-11-30)20-14-25-29-28-20)7-3-6-21-24-15-22(27-21)26-19-12-17-4-1-2-5-18(17)13-19/h1-2,4-5,14-16,19,26H,3,6-13H2,(H,24,27)(H,25,28,29). The molecule has 8 nitrogen and oxygen atoms in total. The van der Waals surface area contributed by atoms with Gasteiger partial charge in [-0.3, -0.25) is 4.79 Å². The Labute approximate surface area is 181 Å². The summed E-state index contributed by atoms with van der Waals surface area (Å²) in [5, 5.41) is 14.3. The van der Waals surface area contributed by atoms with Gasteiger partial charge in [-0.1, -0.05) is 24.3 Å². The quantitative estimate of drug-likeness (QED) is 0.546. The molecule has 1 saturated heterocycles. The fourth-order valence-corrected chi connectivity index (χ4v) is 4.84. The highest BCUT2D eigenvalue weighted by Gasteiger charge is 2.25. The van der Waals surface area contributed by atoms with Crippen LogP contribution in [0.2, 0.25) is 0 Å². The van der Waals surface area contributed by atoms with Crippen LogP contribution < -0.4 is 5.32 Å². The predicted molar refractivity (Wildman–Crippen MR) is 118 cm³/mol. The number of aryl methyl sites for hydroxylation is 1. The van der Waals surface area contributed by atoms with Crippen molar-refractivity contribution in [2.24, 2.45) is 0 Å². The lowest BCUT2D eigenvalue weighted by atomic mass is 9.94. The molecule has 3 heterocycles. The van der Waals surface area contributed by atoms with Crippen LogP contribution in [0.25, 0.3) is 0 Å². The third kappa shape index (κ3) is 4.62. The zero-order valence-corrected chi connectivity index (χ0v) is 17.7. The summed E-state index contributed by atoms with van der Waals surface area (Å²) in [5.41, 5.74) is 3.88. The van der Waals surface area contributed by atoms with Crippen molar-refractivity contribution in [1.29, 1.82) is 0 Å². The van der Waals surface area contributed by atoms with Gasteiger partial charge in [-0.25, -0.2) is 4.98 Å². The van der Waals surface area contributed by atoms with Crippen LogP contribution in [0.4, 0.5) is 5.82 Å². The number of nitrogens with one attached hydrogen (secondary N) is 3. The number of amides is 1. The van der Waals surface area contributed by atoms with E-state index < -0.39 is 0 Å². The Morgan fingerprint density at radius 2 is 1.90 bits per heavy atom. The number of carbonyl (C=O) groups is 1. The number of carbonyl (C=O) groups excluding carboxylic acids is 1. The van der Waals surface area contributed by atoms with Crippen LogP contribution in [0.15, 0.2) is 36.7 Å². The summed E-state index contributed by atoms with van der Waals surface area (Å²) in [6, 6.07) is 9.05. The Kier molecular flexibility index (Phi) is 5.69. The molecule has 2 aromatic heterocycles. The summed E-state index contributed by atoms with van der Waals surface area (Å²) in [6.07, 6.45) is 9.83. The lowest BCUT2D eigenvalue weighted by molar-refractivity contribution is -0.132. The number of nitrogens with zero attached hydrogens (tertiary/aromatic N) is 4. The second-order valence-corrected chi connectivity index (χ2v) is 8.67. The maximum atomic E-state index is 12.6. The van der Waals surface area contributed by atoms with Crippen LogP contribution in [0, 0.1) is 0 Å². The molecular weight excluding hydrogens is 390 g/mol. The largest absolute Gasteiger partial charge is 0.367 e. The maximum absolute atomic E-state index is 12.6. The molecule has 5 rings (SSSR count). The number of likely N-dealkylation sites (tertiary alicyclic amines) is 1. The zero-order valence-electron chi connectivity index (χ0n) is 17.7. The molecule has 31 heavy (non-hydrogen) atoms. The van der Waals surface area contributed by atoms with Crippen LogP contribution >= 0.6 is 0 Å². The highest BCUT2D eigenvalue weighted by molar-refractivity contribution is 5.76. The van der Waals surface area contributed by atoms with E-state index >= 15 is 0 Å². The molecule has 0 spiro atoms. The molecule has 1 aromatic carbocycles. The van der Waals surface area contributed by atoms with Gasteiger partial charge in [-0.2, -0.15) is 15.4 Å². The van der Waals surface area contributed by atoms with Gasteiger partial charge < -0.3 is 15.2 Å². The van der Waals surface area contributed by atoms with E-state index in [4.69, 9.17) is 0 Å². The van der Waals surface area contributed by atoms with E-state index in [-0.39, 0.29) is 5.91 Å². The van der Waals surface area contributed by atoms with Crippen LogP contribution in [0.1, 0.15) is 54.2 Å². The summed E-state index contributed by atoms with van der Waals surface area (Å²) in [6.45, 7) is 1.60. The Morgan fingerprint density at radius 3 is 2.61 bits per heavy atom. The molecule has 1 aliphatic carbocycles. The average Bonchev–Trinajstić information content (AvgIpc) is 3.55. The minimum atomic E-state index is 0.243. The first kappa shape index (κ1) is 19.8. The van der Waals surface area contributed by atoms with Crippen LogP contribution in [-0.2, 0) is 24.1 Å². The average molecular weight is 420 g/mol. The van der Waals surface area contributed by atoms with E-state index in [9.17, 15) is 4.79 Å². The Balaban J connectivity index is 1.03. The lowest BCUT2D eigenvalue weighted by Crippen LogP contribution is -2.37. The fraction of sp³-hybridized carbons (Fsp3) is 0.478. The molecule has 3 aromatic rings. The molecule has 162 valence electrons. The summed E-state index contributed by atoms with van der Waals surface area (Å²) in [7, 11) is 0. The zero-order chi connectivity index (χ0) is 21.0. The van der Waals surface area contributed by atoms with E-state index in [0.29, 0.717) is 18.4 Å². The van der Waals surface area contributed by atoms with Crippen molar-refractivity contribution in [3.63, 3.8) is 0 Å². The number of hydrogen-bond acceptors (Lipinski definition) is 5. The van der Waals surface area contributed by atoms with Crippen molar-refractivity contribution < 1.29 is 4.79 Å². The van der Waals surface area contributed by atoms with Gasteiger partial charge in [0, 0.05) is 37.9 Å². The summed E-state index contributed by atoms with van der Waals surface area (Å²) in [5.74, 6) is 2.56. The van der Waals surface area contributed by atoms with Gasteiger partial charge in [0.2, 0.25) is 5.91 Å². The third-order valence-corrected chi connectivity index (χ3v) is 6.54. The highest BCUT2D eigenvalue weighted by atomic mass is 16.2. The van der Waals surface area contributed by atoms with E-state index in [1.165, 1.54) is 11.1 Å². The maximum Gasteiger partial charge on any atom is 0.222 e. The number of hydrogen-bond donors (Lipinski definition) is 3. The van der Waals surface area contributed by atoms with Gasteiger partial charge in [-0.05, 0) is 43.2 Å². The first-order valence-corrected chi connectivity index (χ1v) is 11.3. The van der Waals surface area contributed by atoms with E-state index in [0.717, 1.165) is 69.0 Å². The van der Waals surface area contributed by atoms with E-state index in [2.05, 4.69) is 55.0 Å². The summed E-state index contributed by atoms with van der Waals surface area (Å²) < 4.78 is 0. The normalized spacial score (nSPS) is 17.1. The molecule has 1 aliphatic heterocycles. The van der Waals surface area contributed by atoms with Crippen molar-refractivity contribution in [2.75, 3.05) is 18.4 Å². The van der Waals surface area contributed by atoms with Gasteiger partial charge in [0.25, 0.3) is 0 Å². The molecule has 8 heteroatoms. The predicted octanol–water partition coefficient (Wildman–Crippen LogP) is 2.84. The second-order valence-electron chi connectivity index (χ2n) is 8.67. The molecular formula is C23H29N7O. The van der Waals surface area contributed by atoms with Crippen molar-refractivity contribution in [3.05, 3.63) is 59.3 Å². The van der Waals surface area contributed by atoms with Crippen molar-refractivity contribution >= 4 is 11.7 Å². The number of anilines is 1. The number of aromatic nitrogens is 5. The van der Waals surface area contributed by atoms with Crippen molar-refractivity contribution in [2.45, 2.75) is 56.9 Å². The van der Waals surface area contributed by atoms with E-state index in [1.807, 2.05) is 11.1 Å². The number of fused-ring (bicyclic) bond motifs is 1. The number of aromatic amines is 2. The van der Waals surface area contributed by atoms with Gasteiger partial charge in [0.05, 0.1) is 18.1 Å². The monoisotopic (exact) mass is 419 g/mol. The number of benzene rings is 1. The van der Waals surface area contributed by atoms with Crippen LogP contribution in [0.5, 0.6) is 0 Å². The number of rotatable bonds is 7. The highest BCUT2D eigenvalue weighted by Crippen LogP contribution is 2.26. The Hall–Kier alpha value is -3.16. The van der Waals surface area contributed by atoms with Gasteiger partial charge in [-0.15, -0.1) is 0 Å². The lowest BCUT2D eigenvalue weighted by Gasteiger charge is -2.31. The molecule has 2 aliphatic rings. The number of imidazole rings is 1. The molecule has 1 fully saturated rings. The summed E-state index contributed by atoms with van der Waals surface area (Å²) >= 11 is 0. The van der Waals surface area contributed by atoms with Gasteiger partial charge in [0.1, 0.15) is 11.6 Å². The van der Waals surface area contributed by atoms with E-state index in [1.54, 1.807) is 6.20 Å². The minimum Gasteiger partial charge on any atom is -0.367 e. The second kappa shape index (κ2) is 8.91. The SMILES string of the molecule is O=C(CCCc1ncc(NC2Cc3ccccc3C2)[nH]1)N1CCC(c2cn[nH]n2)CC1. The van der Waals surface area contributed by atoms with Crippen molar-refractivity contribution in [3.8, 4) is 0 Å². The fourth-order valence-electron chi connectivity index (χ4n) is 4.84. The molecule has 0 unspecified atom stereocenters. The van der Waals surface area contributed by atoms with Crippen molar-refractivity contribution in [1.82, 2.24) is 30.3 Å². The van der Waals surface area contributed by atoms with Crippen LogP contribution in [0.3, 0.4) is 0 Å². The van der Waals surface area contributed by atoms with Gasteiger partial charge in [0.15, 0.2) is 0 Å². The Bertz CT molecular complexity index is 980. The number of H-pyrrole nitrogens is 2. The molecule has 0 radical (unpaired) electrons. The molecule has 0 atom stereocenters. The third-order valence-electron chi connectivity index (χ3n) is 6.54. The topological polar surface area (TPSA) is 103 Å². The molecule has 0 saturated carbocycles. The molecule has 1 amide bonds. The molecule has 3 N–H and O–H groups in total.